The predicted octanol–water partition coefficient (Wildman–Crippen LogP) is 4.05. The van der Waals surface area contributed by atoms with Crippen LogP contribution < -0.4 is 10.5 Å². The summed E-state index contributed by atoms with van der Waals surface area (Å²) in [5.41, 5.74) is 6.79. The maximum absolute atomic E-state index is 13.8. The van der Waals surface area contributed by atoms with E-state index < -0.39 is 11.6 Å². The van der Waals surface area contributed by atoms with E-state index in [1.165, 1.54) is 12.4 Å². The van der Waals surface area contributed by atoms with E-state index in [1.807, 2.05) is 0 Å². The van der Waals surface area contributed by atoms with Crippen molar-refractivity contribution in [2.24, 2.45) is 0 Å². The first-order chi connectivity index (χ1) is 10.0. The van der Waals surface area contributed by atoms with E-state index in [2.05, 4.69) is 25.9 Å². The fraction of sp³-hybridized carbons (Fsp3) is 0. The molecule has 0 saturated carbocycles. The molecule has 21 heavy (non-hydrogen) atoms. The van der Waals surface area contributed by atoms with E-state index in [0.717, 1.165) is 6.07 Å². The molecule has 0 fully saturated rings. The number of nitrogen functional groups attached to an aromatic ring is 1. The molecule has 0 aliphatic carbocycles. The third kappa shape index (κ3) is 2.64. The minimum atomic E-state index is -1.09. The van der Waals surface area contributed by atoms with Crippen LogP contribution in [-0.2, 0) is 0 Å². The summed E-state index contributed by atoms with van der Waals surface area (Å²) in [4.78, 5) is 8.01. The van der Waals surface area contributed by atoms with Crippen molar-refractivity contribution in [2.75, 3.05) is 5.73 Å². The minimum absolute atomic E-state index is 0.101. The van der Waals surface area contributed by atoms with Crippen molar-refractivity contribution in [1.29, 1.82) is 0 Å². The second-order valence-corrected chi connectivity index (χ2v) is 5.17. The number of hydrogen-bond acceptors (Lipinski definition) is 4. The Morgan fingerprint density at radius 1 is 1.10 bits per heavy atom. The Bertz CT molecular complexity index is 842. The maximum atomic E-state index is 13.8. The van der Waals surface area contributed by atoms with Gasteiger partial charge in [0.2, 0.25) is 11.7 Å². The lowest BCUT2D eigenvalue weighted by molar-refractivity contribution is 0.408. The molecule has 0 spiro atoms. The Balaban J connectivity index is 2.12. The van der Waals surface area contributed by atoms with Gasteiger partial charge in [-0.25, -0.2) is 14.4 Å². The first-order valence-corrected chi connectivity index (χ1v) is 6.66. The van der Waals surface area contributed by atoms with Gasteiger partial charge in [-0.15, -0.1) is 0 Å². The molecule has 3 rings (SSSR count). The summed E-state index contributed by atoms with van der Waals surface area (Å²) < 4.78 is 32.9. The van der Waals surface area contributed by atoms with E-state index >= 15 is 0 Å². The molecule has 3 aromatic rings. The van der Waals surface area contributed by atoms with Crippen LogP contribution in [0.15, 0.2) is 41.1 Å². The summed E-state index contributed by atoms with van der Waals surface area (Å²) >= 11 is 3.08. The van der Waals surface area contributed by atoms with E-state index in [4.69, 9.17) is 10.5 Å². The van der Waals surface area contributed by atoms with Gasteiger partial charge in [-0.1, -0.05) is 15.9 Å². The van der Waals surface area contributed by atoms with Crippen LogP contribution in [0.3, 0.4) is 0 Å². The van der Waals surface area contributed by atoms with Crippen LogP contribution in [-0.4, -0.2) is 9.97 Å². The van der Waals surface area contributed by atoms with Crippen LogP contribution in [0.1, 0.15) is 0 Å². The standard InChI is InChI=1S/C14H8BrF2N3O/c15-7-3-10(16)13(17)12(4-7)21-14-9-5-8(18)1-2-11(9)19-6-20-14/h1-6H,18H2. The summed E-state index contributed by atoms with van der Waals surface area (Å²) in [5.74, 6) is -2.28. The Hall–Kier alpha value is -2.28. The molecule has 7 heteroatoms. The highest BCUT2D eigenvalue weighted by Gasteiger charge is 2.14. The van der Waals surface area contributed by atoms with Crippen LogP contribution in [0, 0.1) is 11.6 Å². The topological polar surface area (TPSA) is 61.0 Å². The second kappa shape index (κ2) is 5.25. The van der Waals surface area contributed by atoms with E-state index in [1.54, 1.807) is 18.2 Å². The third-order valence-electron chi connectivity index (χ3n) is 2.79. The quantitative estimate of drug-likeness (QED) is 0.559. The predicted molar refractivity (Wildman–Crippen MR) is 78.1 cm³/mol. The number of hydrogen-bond donors (Lipinski definition) is 1. The van der Waals surface area contributed by atoms with Crippen molar-refractivity contribution in [3.05, 3.63) is 52.8 Å². The molecule has 106 valence electrons. The Morgan fingerprint density at radius 2 is 1.90 bits per heavy atom. The third-order valence-corrected chi connectivity index (χ3v) is 3.25. The van der Waals surface area contributed by atoms with Crippen molar-refractivity contribution in [3.63, 3.8) is 0 Å². The average Bonchev–Trinajstić information content (AvgIpc) is 2.45. The zero-order valence-electron chi connectivity index (χ0n) is 10.5. The number of fused-ring (bicyclic) bond motifs is 1. The fourth-order valence-electron chi connectivity index (χ4n) is 1.84. The maximum Gasteiger partial charge on any atom is 0.230 e. The van der Waals surface area contributed by atoms with Gasteiger partial charge in [-0.3, -0.25) is 0 Å². The van der Waals surface area contributed by atoms with Gasteiger partial charge in [0.15, 0.2) is 11.6 Å². The molecular weight excluding hydrogens is 344 g/mol. The summed E-state index contributed by atoms with van der Waals surface area (Å²) in [7, 11) is 0. The molecule has 1 aromatic heterocycles. The Morgan fingerprint density at radius 3 is 2.71 bits per heavy atom. The smallest absolute Gasteiger partial charge is 0.230 e. The molecule has 1 heterocycles. The van der Waals surface area contributed by atoms with E-state index in [-0.39, 0.29) is 11.6 Å². The highest BCUT2D eigenvalue weighted by molar-refractivity contribution is 9.10. The van der Waals surface area contributed by atoms with Crippen LogP contribution in [0.25, 0.3) is 10.9 Å². The van der Waals surface area contributed by atoms with Gasteiger partial charge >= 0.3 is 0 Å². The number of halogens is 3. The number of benzene rings is 2. The van der Waals surface area contributed by atoms with Crippen molar-refractivity contribution in [3.8, 4) is 11.6 Å². The average molecular weight is 352 g/mol. The molecule has 4 nitrogen and oxygen atoms in total. The van der Waals surface area contributed by atoms with Gasteiger partial charge in [-0.05, 0) is 30.3 Å². The van der Waals surface area contributed by atoms with Crippen molar-refractivity contribution in [2.45, 2.75) is 0 Å². The molecule has 0 aliphatic heterocycles. The number of nitrogens with two attached hydrogens (primary N) is 1. The normalized spacial score (nSPS) is 10.8. The van der Waals surface area contributed by atoms with Gasteiger partial charge in [0, 0.05) is 10.2 Å². The molecule has 0 radical (unpaired) electrons. The van der Waals surface area contributed by atoms with Crippen molar-refractivity contribution >= 4 is 32.5 Å². The molecule has 0 amide bonds. The van der Waals surface area contributed by atoms with Gasteiger partial charge in [0.1, 0.15) is 6.33 Å². The Kier molecular flexibility index (Phi) is 3.42. The summed E-state index contributed by atoms with van der Waals surface area (Å²) in [6.45, 7) is 0. The van der Waals surface area contributed by atoms with Crippen LogP contribution >= 0.6 is 15.9 Å². The SMILES string of the molecule is Nc1ccc2ncnc(Oc3cc(Br)cc(F)c3F)c2c1. The summed E-state index contributed by atoms with van der Waals surface area (Å²) in [6, 6.07) is 7.31. The number of anilines is 1. The number of ether oxygens (including phenoxy) is 1. The Labute approximate surface area is 126 Å². The first kappa shape index (κ1) is 13.7. The van der Waals surface area contributed by atoms with Crippen molar-refractivity contribution < 1.29 is 13.5 Å². The van der Waals surface area contributed by atoms with Crippen LogP contribution in [0.4, 0.5) is 14.5 Å². The highest BCUT2D eigenvalue weighted by atomic mass is 79.9. The van der Waals surface area contributed by atoms with Gasteiger partial charge in [-0.2, -0.15) is 4.39 Å². The fourth-order valence-corrected chi connectivity index (χ4v) is 2.25. The zero-order chi connectivity index (χ0) is 15.0. The molecule has 0 bridgehead atoms. The van der Waals surface area contributed by atoms with Gasteiger partial charge in [0.25, 0.3) is 0 Å². The lowest BCUT2D eigenvalue weighted by Gasteiger charge is -2.09. The van der Waals surface area contributed by atoms with E-state index in [0.29, 0.717) is 21.1 Å². The van der Waals surface area contributed by atoms with E-state index in [9.17, 15) is 8.78 Å². The van der Waals surface area contributed by atoms with Crippen molar-refractivity contribution in [1.82, 2.24) is 9.97 Å². The molecular formula is C14H8BrF2N3O. The van der Waals surface area contributed by atoms with Crippen LogP contribution in [0.5, 0.6) is 11.6 Å². The number of aromatic nitrogens is 2. The molecule has 0 saturated heterocycles. The first-order valence-electron chi connectivity index (χ1n) is 5.87. The second-order valence-electron chi connectivity index (χ2n) is 4.26. The molecule has 2 aromatic carbocycles. The lowest BCUT2D eigenvalue weighted by atomic mass is 10.2. The molecule has 0 aliphatic rings. The number of nitrogens with zero attached hydrogens (tertiary/aromatic N) is 2. The zero-order valence-corrected chi connectivity index (χ0v) is 12.1. The largest absolute Gasteiger partial charge is 0.435 e. The summed E-state index contributed by atoms with van der Waals surface area (Å²) in [6.07, 6.45) is 1.28. The molecule has 0 atom stereocenters. The summed E-state index contributed by atoms with van der Waals surface area (Å²) in [5, 5.41) is 0.511. The highest BCUT2D eigenvalue weighted by Crippen LogP contribution is 2.32. The van der Waals surface area contributed by atoms with Gasteiger partial charge < -0.3 is 10.5 Å². The van der Waals surface area contributed by atoms with Crippen LogP contribution in [0.2, 0.25) is 0 Å². The number of rotatable bonds is 2. The monoisotopic (exact) mass is 351 g/mol. The molecule has 2 N–H and O–H groups in total. The molecule has 0 unspecified atom stereocenters. The van der Waals surface area contributed by atoms with Gasteiger partial charge in [0.05, 0.1) is 10.9 Å². The minimum Gasteiger partial charge on any atom is -0.435 e. The lowest BCUT2D eigenvalue weighted by Crippen LogP contribution is -1.96.